The van der Waals surface area contributed by atoms with Gasteiger partial charge >= 0.3 is 0 Å². The van der Waals surface area contributed by atoms with Gasteiger partial charge < -0.3 is 4.90 Å². The van der Waals surface area contributed by atoms with Crippen LogP contribution in [-0.4, -0.2) is 30.4 Å². The summed E-state index contributed by atoms with van der Waals surface area (Å²) in [6.07, 6.45) is 0. The zero-order valence-corrected chi connectivity index (χ0v) is 13.0. The fourth-order valence-electron chi connectivity index (χ4n) is 1.36. The summed E-state index contributed by atoms with van der Waals surface area (Å²) < 4.78 is 0. The Morgan fingerprint density at radius 3 is 2.53 bits per heavy atom. The maximum absolute atomic E-state index is 6.33. The minimum Gasteiger partial charge on any atom is -0.301 e. The monoisotopic (exact) mass is 315 g/mol. The molecular weight excluding hydrogens is 300 g/mol. The smallest absolute Gasteiger partial charge is 0.0712 e. The third-order valence-corrected chi connectivity index (χ3v) is 3.71. The number of halogens is 4. The molecular formula is C12H17Cl4N. The van der Waals surface area contributed by atoms with Crippen LogP contribution in [0.4, 0.5) is 0 Å². The standard InChI is InChI=1S/C12H16Cl3N.ClH/c1-9(7-13)16(2)8-12(15)10-4-3-5-11(14)6-10;/h3-6,9,12H,7-8H2,1-2H3;1H. The lowest BCUT2D eigenvalue weighted by molar-refractivity contribution is 0.277. The van der Waals surface area contributed by atoms with Gasteiger partial charge in [0, 0.05) is 23.5 Å². The first-order valence-corrected chi connectivity index (χ1v) is 6.55. The molecule has 0 fully saturated rings. The molecule has 0 aromatic heterocycles. The van der Waals surface area contributed by atoms with E-state index in [4.69, 9.17) is 34.8 Å². The third kappa shape index (κ3) is 5.67. The lowest BCUT2D eigenvalue weighted by Gasteiger charge is -2.25. The van der Waals surface area contributed by atoms with Crippen LogP contribution in [0.15, 0.2) is 24.3 Å². The van der Waals surface area contributed by atoms with Gasteiger partial charge in [-0.05, 0) is 31.7 Å². The average molecular weight is 317 g/mol. The summed E-state index contributed by atoms with van der Waals surface area (Å²) in [4.78, 5) is 2.14. The fraction of sp³-hybridized carbons (Fsp3) is 0.500. The van der Waals surface area contributed by atoms with Gasteiger partial charge in [-0.1, -0.05) is 23.7 Å². The maximum Gasteiger partial charge on any atom is 0.0712 e. The largest absolute Gasteiger partial charge is 0.301 e. The van der Waals surface area contributed by atoms with Gasteiger partial charge in [0.15, 0.2) is 0 Å². The van der Waals surface area contributed by atoms with E-state index in [1.54, 1.807) is 0 Å². The number of likely N-dealkylation sites (N-methyl/N-ethyl adjacent to an activating group) is 1. The molecule has 5 heteroatoms. The van der Waals surface area contributed by atoms with Gasteiger partial charge in [-0.25, -0.2) is 0 Å². The first kappa shape index (κ1) is 17.3. The Hall–Kier alpha value is 0.340. The van der Waals surface area contributed by atoms with Crippen molar-refractivity contribution in [3.63, 3.8) is 0 Å². The van der Waals surface area contributed by atoms with Crippen LogP contribution >= 0.6 is 47.2 Å². The molecule has 0 amide bonds. The lowest BCUT2D eigenvalue weighted by Crippen LogP contribution is -2.33. The molecule has 17 heavy (non-hydrogen) atoms. The van der Waals surface area contributed by atoms with Gasteiger partial charge in [0.25, 0.3) is 0 Å². The highest BCUT2D eigenvalue weighted by molar-refractivity contribution is 6.30. The molecule has 0 N–H and O–H groups in total. The summed E-state index contributed by atoms with van der Waals surface area (Å²) in [5, 5.41) is 0.658. The van der Waals surface area contributed by atoms with Gasteiger partial charge in [0.1, 0.15) is 0 Å². The quantitative estimate of drug-likeness (QED) is 0.717. The van der Waals surface area contributed by atoms with Crippen LogP contribution in [0.25, 0.3) is 0 Å². The molecule has 2 atom stereocenters. The van der Waals surface area contributed by atoms with Crippen molar-refractivity contribution in [2.75, 3.05) is 19.5 Å². The van der Waals surface area contributed by atoms with Gasteiger partial charge in [-0.3, -0.25) is 0 Å². The van der Waals surface area contributed by atoms with E-state index in [0.717, 1.165) is 17.1 Å². The van der Waals surface area contributed by atoms with Gasteiger partial charge in [-0.2, -0.15) is 0 Å². The molecule has 1 nitrogen and oxygen atoms in total. The lowest BCUT2D eigenvalue weighted by atomic mass is 10.1. The van der Waals surface area contributed by atoms with E-state index in [-0.39, 0.29) is 17.8 Å². The second-order valence-electron chi connectivity index (χ2n) is 3.97. The normalized spacial score (nSPS) is 14.2. The summed E-state index contributed by atoms with van der Waals surface area (Å²) >= 11 is 18.0. The molecule has 1 aromatic rings. The number of alkyl halides is 2. The summed E-state index contributed by atoms with van der Waals surface area (Å²) in [5.41, 5.74) is 1.04. The Morgan fingerprint density at radius 2 is 2.00 bits per heavy atom. The molecule has 1 rings (SSSR count). The highest BCUT2D eigenvalue weighted by atomic mass is 35.5. The molecule has 0 spiro atoms. The molecule has 0 saturated heterocycles. The second kappa shape index (κ2) is 8.44. The van der Waals surface area contributed by atoms with Crippen LogP contribution in [0.3, 0.4) is 0 Å². The molecule has 0 saturated carbocycles. The number of nitrogens with zero attached hydrogens (tertiary/aromatic N) is 1. The van der Waals surface area contributed by atoms with Gasteiger partial charge in [0.05, 0.1) is 5.38 Å². The molecule has 98 valence electrons. The molecule has 0 bridgehead atoms. The van der Waals surface area contributed by atoms with Crippen molar-refractivity contribution in [1.29, 1.82) is 0 Å². The maximum atomic E-state index is 6.33. The van der Waals surface area contributed by atoms with Crippen LogP contribution in [-0.2, 0) is 0 Å². The van der Waals surface area contributed by atoms with Gasteiger partial charge in [0.2, 0.25) is 0 Å². The predicted molar refractivity (Wildman–Crippen MR) is 80.1 cm³/mol. The zero-order chi connectivity index (χ0) is 12.1. The molecule has 0 radical (unpaired) electrons. The molecule has 2 unspecified atom stereocenters. The number of benzene rings is 1. The highest BCUT2D eigenvalue weighted by Crippen LogP contribution is 2.24. The minimum absolute atomic E-state index is 0. The topological polar surface area (TPSA) is 3.24 Å². The zero-order valence-electron chi connectivity index (χ0n) is 9.87. The Bertz CT molecular complexity index is 332. The SMILES string of the molecule is CC(CCl)N(C)CC(Cl)c1cccc(Cl)c1.Cl. The average Bonchev–Trinajstić information content (AvgIpc) is 2.27. The van der Waals surface area contributed by atoms with Gasteiger partial charge in [-0.15, -0.1) is 35.6 Å². The summed E-state index contributed by atoms with van der Waals surface area (Å²) in [5.74, 6) is 0.607. The van der Waals surface area contributed by atoms with E-state index >= 15 is 0 Å². The van der Waals surface area contributed by atoms with Crippen LogP contribution in [0.2, 0.25) is 5.02 Å². The first-order valence-electron chi connectivity index (χ1n) is 5.20. The van der Waals surface area contributed by atoms with E-state index < -0.39 is 0 Å². The van der Waals surface area contributed by atoms with Crippen molar-refractivity contribution in [2.24, 2.45) is 0 Å². The number of hydrogen-bond acceptors (Lipinski definition) is 1. The Labute approximate surface area is 124 Å². The second-order valence-corrected chi connectivity index (χ2v) is 5.24. The molecule has 0 aliphatic carbocycles. The summed E-state index contributed by atoms with van der Waals surface area (Å²) in [6.45, 7) is 2.84. The molecule has 1 aromatic carbocycles. The highest BCUT2D eigenvalue weighted by Gasteiger charge is 2.14. The van der Waals surface area contributed by atoms with Crippen LogP contribution in [0.5, 0.6) is 0 Å². The first-order chi connectivity index (χ1) is 7.54. The van der Waals surface area contributed by atoms with Crippen molar-refractivity contribution < 1.29 is 0 Å². The van der Waals surface area contributed by atoms with Crippen LogP contribution in [0, 0.1) is 0 Å². The van der Waals surface area contributed by atoms with Crippen molar-refractivity contribution in [1.82, 2.24) is 4.90 Å². The summed E-state index contributed by atoms with van der Waals surface area (Å²) in [7, 11) is 2.02. The molecule has 0 heterocycles. The van der Waals surface area contributed by atoms with E-state index in [1.807, 2.05) is 31.3 Å². The van der Waals surface area contributed by atoms with E-state index in [9.17, 15) is 0 Å². The van der Waals surface area contributed by atoms with Crippen LogP contribution < -0.4 is 0 Å². The van der Waals surface area contributed by atoms with E-state index in [0.29, 0.717) is 11.9 Å². The number of hydrogen-bond donors (Lipinski definition) is 0. The van der Waals surface area contributed by atoms with Crippen molar-refractivity contribution >= 4 is 47.2 Å². The Kier molecular flexibility index (Phi) is 8.61. The van der Waals surface area contributed by atoms with Crippen molar-refractivity contribution in [3.05, 3.63) is 34.9 Å². The van der Waals surface area contributed by atoms with E-state index in [1.165, 1.54) is 0 Å². The predicted octanol–water partition coefficient (Wildman–Crippen LogP) is 4.60. The van der Waals surface area contributed by atoms with Crippen molar-refractivity contribution in [3.8, 4) is 0 Å². The number of rotatable bonds is 5. The van der Waals surface area contributed by atoms with Crippen LogP contribution in [0.1, 0.15) is 17.9 Å². The molecule has 0 aliphatic heterocycles. The third-order valence-electron chi connectivity index (χ3n) is 2.63. The Morgan fingerprint density at radius 1 is 1.35 bits per heavy atom. The minimum atomic E-state index is -0.0608. The fourth-order valence-corrected chi connectivity index (χ4v) is 2.15. The summed E-state index contributed by atoms with van der Waals surface area (Å²) in [6, 6.07) is 7.97. The van der Waals surface area contributed by atoms with E-state index in [2.05, 4.69) is 11.8 Å². The Balaban J connectivity index is 0.00000256. The molecule has 0 aliphatic rings. The van der Waals surface area contributed by atoms with Crippen molar-refractivity contribution in [2.45, 2.75) is 18.3 Å².